The topological polar surface area (TPSA) is 89.8 Å². The van der Waals surface area contributed by atoms with Crippen LogP contribution in [-0.4, -0.2) is 37.3 Å². The number of non-ortho nitro benzene ring substituents is 1. The predicted octanol–water partition coefficient (Wildman–Crippen LogP) is 3.38. The van der Waals surface area contributed by atoms with Crippen molar-refractivity contribution in [3.63, 3.8) is 0 Å². The van der Waals surface area contributed by atoms with Gasteiger partial charge >= 0.3 is 0 Å². The molecule has 0 amide bonds. The zero-order valence-electron chi connectivity index (χ0n) is 15.1. The molecule has 1 fully saturated rings. The van der Waals surface area contributed by atoms with Crippen LogP contribution in [0.4, 0.5) is 5.69 Å². The molecule has 0 saturated carbocycles. The third-order valence-corrected chi connectivity index (χ3v) is 6.48. The number of sulfonamides is 1. The normalized spacial score (nSPS) is 18.2. The lowest BCUT2D eigenvalue weighted by Crippen LogP contribution is -2.41. The molecule has 2 aromatic carbocycles. The molecule has 1 aliphatic heterocycles. The second-order valence-corrected chi connectivity index (χ2v) is 8.69. The fraction of sp³-hybridized carbons (Fsp3) is 0.368. The summed E-state index contributed by atoms with van der Waals surface area (Å²) in [7, 11) is -3.77. The molecule has 144 valence electrons. The van der Waals surface area contributed by atoms with Crippen molar-refractivity contribution in [3.8, 4) is 5.75 Å². The van der Waals surface area contributed by atoms with Gasteiger partial charge in [0.05, 0.1) is 16.4 Å². The minimum atomic E-state index is -3.77. The van der Waals surface area contributed by atoms with Crippen LogP contribution in [0, 0.1) is 23.0 Å². The predicted molar refractivity (Wildman–Crippen MR) is 101 cm³/mol. The maximum absolute atomic E-state index is 12.9. The van der Waals surface area contributed by atoms with Gasteiger partial charge in [0.25, 0.3) is 5.69 Å². The van der Waals surface area contributed by atoms with Crippen molar-refractivity contribution in [2.75, 3.05) is 19.7 Å². The molecule has 1 atom stereocenters. The molecule has 0 aliphatic carbocycles. The highest BCUT2D eigenvalue weighted by atomic mass is 32.2. The van der Waals surface area contributed by atoms with E-state index in [0.717, 1.165) is 30.2 Å². The second-order valence-electron chi connectivity index (χ2n) is 6.75. The number of aryl methyl sites for hydroxylation is 1. The number of hydrogen-bond donors (Lipinski definition) is 0. The summed E-state index contributed by atoms with van der Waals surface area (Å²) in [4.78, 5) is 10.3. The molecule has 8 heteroatoms. The van der Waals surface area contributed by atoms with Crippen LogP contribution in [0.1, 0.15) is 18.4 Å². The molecule has 0 aromatic heterocycles. The van der Waals surface area contributed by atoms with Gasteiger partial charge < -0.3 is 4.74 Å². The second kappa shape index (κ2) is 8.06. The largest absolute Gasteiger partial charge is 0.493 e. The summed E-state index contributed by atoms with van der Waals surface area (Å²) in [6.07, 6.45) is 1.61. The van der Waals surface area contributed by atoms with Crippen molar-refractivity contribution in [1.29, 1.82) is 0 Å². The Labute approximate surface area is 158 Å². The molecule has 0 spiro atoms. The van der Waals surface area contributed by atoms with Crippen molar-refractivity contribution in [1.82, 2.24) is 4.31 Å². The highest BCUT2D eigenvalue weighted by Gasteiger charge is 2.31. The van der Waals surface area contributed by atoms with E-state index in [9.17, 15) is 18.5 Å². The third-order valence-electron chi connectivity index (χ3n) is 4.62. The first-order valence-corrected chi connectivity index (χ1v) is 10.2. The highest BCUT2D eigenvalue weighted by molar-refractivity contribution is 7.89. The standard InChI is InChI=1S/C19H22N2O5S/c1-15-5-2-8-18(11-15)26-14-16-6-4-10-20(13-16)27(24,25)19-9-3-7-17(12-19)21(22)23/h2-3,5,7-9,11-12,16H,4,6,10,13-14H2,1H3. The van der Waals surface area contributed by atoms with E-state index >= 15 is 0 Å². The fourth-order valence-electron chi connectivity index (χ4n) is 3.21. The summed E-state index contributed by atoms with van der Waals surface area (Å²) in [5, 5.41) is 10.9. The van der Waals surface area contributed by atoms with Crippen LogP contribution >= 0.6 is 0 Å². The van der Waals surface area contributed by atoms with E-state index in [1.54, 1.807) is 0 Å². The molecule has 0 radical (unpaired) electrons. The summed E-state index contributed by atoms with van der Waals surface area (Å²) in [5.74, 6) is 0.849. The maximum atomic E-state index is 12.9. The summed E-state index contributed by atoms with van der Waals surface area (Å²) >= 11 is 0. The molecule has 1 unspecified atom stereocenters. The lowest BCUT2D eigenvalue weighted by atomic mass is 10.0. The smallest absolute Gasteiger partial charge is 0.270 e. The summed E-state index contributed by atoms with van der Waals surface area (Å²) in [6, 6.07) is 12.9. The van der Waals surface area contributed by atoms with Gasteiger partial charge in [0.2, 0.25) is 10.0 Å². The van der Waals surface area contributed by atoms with E-state index in [1.807, 2.05) is 31.2 Å². The highest BCUT2D eigenvalue weighted by Crippen LogP contribution is 2.26. The van der Waals surface area contributed by atoms with E-state index in [-0.39, 0.29) is 16.5 Å². The molecule has 3 rings (SSSR count). The Kier molecular flexibility index (Phi) is 5.76. The zero-order chi connectivity index (χ0) is 19.4. The number of hydrogen-bond acceptors (Lipinski definition) is 5. The number of nitrogens with zero attached hydrogens (tertiary/aromatic N) is 2. The minimum Gasteiger partial charge on any atom is -0.493 e. The van der Waals surface area contributed by atoms with Gasteiger partial charge in [0.1, 0.15) is 5.75 Å². The van der Waals surface area contributed by atoms with E-state index in [1.165, 1.54) is 22.5 Å². The van der Waals surface area contributed by atoms with Crippen molar-refractivity contribution in [2.24, 2.45) is 5.92 Å². The Hall–Kier alpha value is -2.45. The number of piperidine rings is 1. The Bertz CT molecular complexity index is 929. The summed E-state index contributed by atoms with van der Waals surface area (Å²) < 4.78 is 33.0. The van der Waals surface area contributed by atoms with E-state index in [0.29, 0.717) is 19.7 Å². The lowest BCUT2D eigenvalue weighted by Gasteiger charge is -2.31. The van der Waals surface area contributed by atoms with Gasteiger partial charge in [0, 0.05) is 31.1 Å². The van der Waals surface area contributed by atoms with Gasteiger partial charge in [-0.1, -0.05) is 18.2 Å². The fourth-order valence-corrected chi connectivity index (χ4v) is 4.80. The van der Waals surface area contributed by atoms with Crippen LogP contribution < -0.4 is 4.74 Å². The van der Waals surface area contributed by atoms with Crippen LogP contribution in [0.25, 0.3) is 0 Å². The lowest BCUT2D eigenvalue weighted by molar-refractivity contribution is -0.385. The Morgan fingerprint density at radius 1 is 1.22 bits per heavy atom. The third kappa shape index (κ3) is 4.64. The Balaban J connectivity index is 1.69. The average Bonchev–Trinajstić information content (AvgIpc) is 2.67. The molecular formula is C19H22N2O5S. The molecule has 0 N–H and O–H groups in total. The first-order chi connectivity index (χ1) is 12.9. The zero-order valence-corrected chi connectivity index (χ0v) is 15.9. The molecule has 0 bridgehead atoms. The van der Waals surface area contributed by atoms with Crippen molar-refractivity contribution in [3.05, 3.63) is 64.2 Å². The molecule has 7 nitrogen and oxygen atoms in total. The molecule has 27 heavy (non-hydrogen) atoms. The number of benzene rings is 2. The molecular weight excluding hydrogens is 368 g/mol. The van der Waals surface area contributed by atoms with Gasteiger partial charge in [-0.15, -0.1) is 0 Å². The Morgan fingerprint density at radius 2 is 2.00 bits per heavy atom. The van der Waals surface area contributed by atoms with Gasteiger partial charge in [-0.2, -0.15) is 4.31 Å². The first kappa shape index (κ1) is 19.3. The number of rotatable bonds is 6. The van der Waals surface area contributed by atoms with Gasteiger partial charge in [-0.25, -0.2) is 8.42 Å². The number of nitro groups is 1. The monoisotopic (exact) mass is 390 g/mol. The van der Waals surface area contributed by atoms with Gasteiger partial charge in [-0.3, -0.25) is 10.1 Å². The van der Waals surface area contributed by atoms with Crippen molar-refractivity contribution >= 4 is 15.7 Å². The first-order valence-electron chi connectivity index (χ1n) is 8.80. The Morgan fingerprint density at radius 3 is 2.74 bits per heavy atom. The quantitative estimate of drug-likeness (QED) is 0.557. The summed E-state index contributed by atoms with van der Waals surface area (Å²) in [6.45, 7) is 3.17. The molecule has 2 aromatic rings. The SMILES string of the molecule is Cc1cccc(OCC2CCCN(S(=O)(=O)c3cccc([N+](=O)[O-])c3)C2)c1. The van der Waals surface area contributed by atoms with Crippen LogP contribution in [0.2, 0.25) is 0 Å². The van der Waals surface area contributed by atoms with Gasteiger partial charge in [0.15, 0.2) is 0 Å². The van der Waals surface area contributed by atoms with Gasteiger partial charge in [-0.05, 0) is 43.5 Å². The average molecular weight is 390 g/mol. The minimum absolute atomic E-state index is 0.0445. The molecule has 1 saturated heterocycles. The molecule has 1 heterocycles. The number of nitro benzene ring substituents is 1. The number of ether oxygens (including phenoxy) is 1. The van der Waals surface area contributed by atoms with E-state index < -0.39 is 14.9 Å². The van der Waals surface area contributed by atoms with Crippen molar-refractivity contribution in [2.45, 2.75) is 24.7 Å². The van der Waals surface area contributed by atoms with Crippen LogP contribution in [0.5, 0.6) is 5.75 Å². The van der Waals surface area contributed by atoms with Crippen LogP contribution in [-0.2, 0) is 10.0 Å². The van der Waals surface area contributed by atoms with Crippen LogP contribution in [0.15, 0.2) is 53.4 Å². The van der Waals surface area contributed by atoms with E-state index in [4.69, 9.17) is 4.74 Å². The van der Waals surface area contributed by atoms with Crippen LogP contribution in [0.3, 0.4) is 0 Å². The van der Waals surface area contributed by atoms with E-state index in [2.05, 4.69) is 0 Å². The maximum Gasteiger partial charge on any atom is 0.270 e. The van der Waals surface area contributed by atoms with Crippen molar-refractivity contribution < 1.29 is 18.1 Å². The molecule has 1 aliphatic rings. The summed E-state index contributed by atoms with van der Waals surface area (Å²) in [5.41, 5.74) is 0.874.